The van der Waals surface area contributed by atoms with Crippen molar-refractivity contribution in [3.8, 4) is 0 Å². The predicted octanol–water partition coefficient (Wildman–Crippen LogP) is 0.452. The van der Waals surface area contributed by atoms with E-state index in [1.54, 1.807) is 4.90 Å². The summed E-state index contributed by atoms with van der Waals surface area (Å²) in [5.74, 6) is -0.927. The van der Waals surface area contributed by atoms with Crippen molar-refractivity contribution in [3.63, 3.8) is 0 Å². The second kappa shape index (κ2) is 6.48. The summed E-state index contributed by atoms with van der Waals surface area (Å²) in [5.41, 5.74) is 0. The normalized spacial score (nSPS) is 21.8. The molecule has 0 radical (unpaired) electrons. The highest BCUT2D eigenvalue weighted by atomic mass is 16.4. The lowest BCUT2D eigenvalue weighted by molar-refractivity contribution is -0.146. The van der Waals surface area contributed by atoms with Crippen LogP contribution in [0.2, 0.25) is 0 Å². The minimum absolute atomic E-state index is 0.0759. The van der Waals surface area contributed by atoms with Gasteiger partial charge in [0.05, 0.1) is 6.54 Å². The van der Waals surface area contributed by atoms with E-state index in [4.69, 9.17) is 5.11 Å². The molecule has 0 bridgehead atoms. The van der Waals surface area contributed by atoms with Gasteiger partial charge in [0.25, 0.3) is 0 Å². The maximum absolute atomic E-state index is 11.2. The highest BCUT2D eigenvalue weighted by molar-refractivity contribution is 5.83. The van der Waals surface area contributed by atoms with Crippen LogP contribution in [-0.4, -0.2) is 47.6 Å². The van der Waals surface area contributed by atoms with Gasteiger partial charge in [-0.2, -0.15) is 0 Å². The van der Waals surface area contributed by atoms with Gasteiger partial charge in [-0.05, 0) is 13.0 Å². The van der Waals surface area contributed by atoms with Crippen molar-refractivity contribution in [3.05, 3.63) is 0 Å². The fourth-order valence-corrected chi connectivity index (χ4v) is 1.91. The molecule has 1 heterocycles. The van der Waals surface area contributed by atoms with E-state index >= 15 is 0 Å². The van der Waals surface area contributed by atoms with Crippen molar-refractivity contribution >= 4 is 11.9 Å². The first-order chi connectivity index (χ1) is 7.65. The highest BCUT2D eigenvalue weighted by Gasteiger charge is 2.30. The van der Waals surface area contributed by atoms with E-state index in [9.17, 15) is 9.59 Å². The Morgan fingerprint density at radius 2 is 2.25 bits per heavy atom. The molecule has 16 heavy (non-hydrogen) atoms. The van der Waals surface area contributed by atoms with Gasteiger partial charge in [0.15, 0.2) is 0 Å². The van der Waals surface area contributed by atoms with Gasteiger partial charge in [-0.3, -0.25) is 14.5 Å². The van der Waals surface area contributed by atoms with Crippen molar-refractivity contribution < 1.29 is 14.7 Å². The first-order valence-corrected chi connectivity index (χ1v) is 5.88. The largest absolute Gasteiger partial charge is 0.480 e. The third-order valence-corrected chi connectivity index (χ3v) is 2.86. The van der Waals surface area contributed by atoms with Gasteiger partial charge in [-0.25, -0.2) is 0 Å². The Morgan fingerprint density at radius 1 is 1.50 bits per heavy atom. The summed E-state index contributed by atoms with van der Waals surface area (Å²) in [6.45, 7) is 3.27. The molecular formula is C11H20N2O3. The summed E-state index contributed by atoms with van der Waals surface area (Å²) < 4.78 is 0. The minimum Gasteiger partial charge on any atom is -0.480 e. The lowest BCUT2D eigenvalue weighted by Gasteiger charge is -2.32. The van der Waals surface area contributed by atoms with Crippen LogP contribution in [0.3, 0.4) is 0 Å². The Bertz CT molecular complexity index is 256. The van der Waals surface area contributed by atoms with E-state index in [2.05, 4.69) is 12.2 Å². The molecule has 0 saturated carbocycles. The number of piperazine rings is 1. The molecule has 1 unspecified atom stereocenters. The van der Waals surface area contributed by atoms with Crippen molar-refractivity contribution in [2.75, 3.05) is 19.6 Å². The summed E-state index contributed by atoms with van der Waals surface area (Å²) in [5, 5.41) is 11.6. The predicted molar refractivity (Wildman–Crippen MR) is 60.1 cm³/mol. The number of nitrogens with one attached hydrogen (secondary N) is 1. The molecule has 0 aromatic rings. The van der Waals surface area contributed by atoms with Crippen LogP contribution in [-0.2, 0) is 9.59 Å². The molecule has 1 rings (SSSR count). The van der Waals surface area contributed by atoms with E-state index in [1.807, 2.05) is 0 Å². The van der Waals surface area contributed by atoms with E-state index in [0.29, 0.717) is 6.54 Å². The molecule has 1 atom stereocenters. The van der Waals surface area contributed by atoms with Crippen LogP contribution in [0.4, 0.5) is 0 Å². The number of amides is 1. The minimum atomic E-state index is -0.851. The summed E-state index contributed by atoms with van der Waals surface area (Å²) in [6, 6.07) is -0.556. The molecule has 0 spiro atoms. The number of nitrogens with zero attached hydrogens (tertiary/aromatic N) is 1. The molecule has 2 N–H and O–H groups in total. The van der Waals surface area contributed by atoms with E-state index in [1.165, 1.54) is 0 Å². The fraction of sp³-hybridized carbons (Fsp3) is 0.818. The number of unbranched alkanes of at least 4 members (excludes halogenated alkanes) is 3. The first kappa shape index (κ1) is 13.0. The SMILES string of the molecule is CCCCCCN1CC(=O)NCC1C(=O)O. The van der Waals surface area contributed by atoms with E-state index < -0.39 is 12.0 Å². The zero-order valence-electron chi connectivity index (χ0n) is 9.74. The Kier molecular flexibility index (Phi) is 5.25. The quantitative estimate of drug-likeness (QED) is 0.648. The standard InChI is InChI=1S/C11H20N2O3/c1-2-3-4-5-6-13-8-10(14)12-7-9(13)11(15)16/h9H,2-8H2,1H3,(H,12,14)(H,15,16). The molecule has 0 aliphatic carbocycles. The van der Waals surface area contributed by atoms with Crippen LogP contribution in [0.1, 0.15) is 32.6 Å². The second-order valence-corrected chi connectivity index (χ2v) is 4.19. The Balaban J connectivity index is 2.38. The number of aliphatic carboxylic acids is 1. The summed E-state index contributed by atoms with van der Waals surface area (Å²) in [7, 11) is 0. The van der Waals surface area contributed by atoms with Crippen molar-refractivity contribution in [1.82, 2.24) is 10.2 Å². The highest BCUT2D eigenvalue weighted by Crippen LogP contribution is 2.08. The monoisotopic (exact) mass is 228 g/mol. The molecule has 1 saturated heterocycles. The molecule has 1 aliphatic rings. The van der Waals surface area contributed by atoms with Gasteiger partial charge < -0.3 is 10.4 Å². The van der Waals surface area contributed by atoms with Gasteiger partial charge in [0.2, 0.25) is 5.91 Å². The number of carbonyl (C=O) groups is 2. The first-order valence-electron chi connectivity index (χ1n) is 5.88. The maximum Gasteiger partial charge on any atom is 0.322 e. The van der Waals surface area contributed by atoms with Crippen LogP contribution >= 0.6 is 0 Å². The topological polar surface area (TPSA) is 69.6 Å². The number of carboxylic acid groups (broad SMARTS) is 1. The summed E-state index contributed by atoms with van der Waals surface area (Å²) >= 11 is 0. The van der Waals surface area contributed by atoms with Crippen LogP contribution in [0.15, 0.2) is 0 Å². The van der Waals surface area contributed by atoms with Gasteiger partial charge in [0, 0.05) is 6.54 Å². The zero-order valence-corrected chi connectivity index (χ0v) is 9.74. The van der Waals surface area contributed by atoms with Crippen LogP contribution in [0, 0.1) is 0 Å². The van der Waals surface area contributed by atoms with Crippen molar-refractivity contribution in [2.24, 2.45) is 0 Å². The van der Waals surface area contributed by atoms with Crippen LogP contribution in [0.25, 0.3) is 0 Å². The number of hydrogen-bond donors (Lipinski definition) is 2. The Hall–Kier alpha value is -1.10. The third-order valence-electron chi connectivity index (χ3n) is 2.86. The molecule has 92 valence electrons. The smallest absolute Gasteiger partial charge is 0.322 e. The van der Waals surface area contributed by atoms with Crippen LogP contribution in [0.5, 0.6) is 0 Å². The summed E-state index contributed by atoms with van der Waals surface area (Å²) in [4.78, 5) is 23.9. The average Bonchev–Trinajstić information content (AvgIpc) is 2.24. The molecule has 5 nitrogen and oxygen atoms in total. The van der Waals surface area contributed by atoms with Gasteiger partial charge >= 0.3 is 5.97 Å². The van der Waals surface area contributed by atoms with E-state index in [0.717, 1.165) is 25.7 Å². The zero-order chi connectivity index (χ0) is 12.0. The van der Waals surface area contributed by atoms with Gasteiger partial charge in [0.1, 0.15) is 6.04 Å². The lowest BCUT2D eigenvalue weighted by Crippen LogP contribution is -2.57. The number of carbonyl (C=O) groups excluding carboxylic acids is 1. The molecule has 1 aliphatic heterocycles. The molecular weight excluding hydrogens is 208 g/mol. The number of carboxylic acids is 1. The van der Waals surface area contributed by atoms with Crippen molar-refractivity contribution in [2.45, 2.75) is 38.6 Å². The van der Waals surface area contributed by atoms with Gasteiger partial charge in [-0.15, -0.1) is 0 Å². The third kappa shape index (κ3) is 3.81. The van der Waals surface area contributed by atoms with E-state index in [-0.39, 0.29) is 19.0 Å². The second-order valence-electron chi connectivity index (χ2n) is 4.19. The molecule has 0 aromatic heterocycles. The summed E-state index contributed by atoms with van der Waals surface area (Å²) in [6.07, 6.45) is 4.38. The fourth-order valence-electron chi connectivity index (χ4n) is 1.91. The van der Waals surface area contributed by atoms with Crippen LogP contribution < -0.4 is 5.32 Å². The molecule has 0 aromatic carbocycles. The molecule has 1 amide bonds. The average molecular weight is 228 g/mol. The van der Waals surface area contributed by atoms with Crippen molar-refractivity contribution in [1.29, 1.82) is 0 Å². The number of hydrogen-bond acceptors (Lipinski definition) is 3. The molecule has 5 heteroatoms. The van der Waals surface area contributed by atoms with Gasteiger partial charge in [-0.1, -0.05) is 26.2 Å². The number of rotatable bonds is 6. The Morgan fingerprint density at radius 3 is 2.88 bits per heavy atom. The lowest BCUT2D eigenvalue weighted by atomic mass is 10.1. The maximum atomic E-state index is 11.2. The molecule has 1 fully saturated rings. The Labute approximate surface area is 95.8 Å².